The second kappa shape index (κ2) is 9.53. The number of ether oxygens (including phenoxy) is 1. The molecule has 1 aliphatic rings. The van der Waals surface area contributed by atoms with Crippen molar-refractivity contribution in [2.75, 3.05) is 43.0 Å². The van der Waals surface area contributed by atoms with Gasteiger partial charge >= 0.3 is 0 Å². The largest absolute Gasteiger partial charge is 0.484 e. The topological polar surface area (TPSA) is 87.9 Å². The summed E-state index contributed by atoms with van der Waals surface area (Å²) in [5.41, 5.74) is 0.551. The second-order valence-electron chi connectivity index (χ2n) is 6.95. The number of carbonyl (C=O) groups excluding carboxylic acids is 2. The van der Waals surface area contributed by atoms with Crippen LogP contribution in [0, 0.1) is 0 Å². The number of nitrogens with one attached hydrogen (secondary N) is 1. The highest BCUT2D eigenvalue weighted by atomic mass is 35.5. The molecule has 1 saturated heterocycles. The van der Waals surface area contributed by atoms with Crippen molar-refractivity contribution in [1.82, 2.24) is 9.88 Å². The summed E-state index contributed by atoms with van der Waals surface area (Å²) in [6.45, 7) is 2.48. The Kier molecular flexibility index (Phi) is 6.37. The fourth-order valence-corrected chi connectivity index (χ4v) is 3.35. The minimum Gasteiger partial charge on any atom is -0.484 e. The van der Waals surface area contributed by atoms with E-state index < -0.39 is 0 Å². The number of rotatable bonds is 6. The number of halogens is 1. The predicted octanol–water partition coefficient (Wildman–Crippen LogP) is 3.31. The van der Waals surface area contributed by atoms with Crippen molar-refractivity contribution >= 4 is 34.9 Å². The van der Waals surface area contributed by atoms with Crippen LogP contribution in [0.25, 0.3) is 0 Å². The highest BCUT2D eigenvalue weighted by molar-refractivity contribution is 6.30. The minimum atomic E-state index is -0.355. The Morgan fingerprint density at radius 2 is 1.94 bits per heavy atom. The molecule has 0 atom stereocenters. The van der Waals surface area contributed by atoms with Crippen LogP contribution in [0.5, 0.6) is 5.75 Å². The third-order valence-electron chi connectivity index (χ3n) is 4.87. The van der Waals surface area contributed by atoms with Gasteiger partial charge in [0.05, 0.1) is 11.3 Å². The lowest BCUT2D eigenvalue weighted by molar-refractivity contribution is -0.133. The number of benzene rings is 1. The Hall–Kier alpha value is -3.52. The van der Waals surface area contributed by atoms with Crippen molar-refractivity contribution in [2.45, 2.75) is 0 Å². The number of aromatic nitrogens is 1. The molecule has 2 aromatic heterocycles. The standard InChI is InChI=1S/C22H21ClN4O4/c23-16-6-7-20(24-14-16)26-8-10-27(11-9-26)21(28)15-31-18-4-1-3-17(13-18)25-22(29)19-5-2-12-30-19/h1-7,12-14H,8-11,15H2,(H,25,29). The summed E-state index contributed by atoms with van der Waals surface area (Å²) in [6.07, 6.45) is 3.05. The fourth-order valence-electron chi connectivity index (χ4n) is 3.24. The van der Waals surface area contributed by atoms with Gasteiger partial charge in [0.15, 0.2) is 12.4 Å². The van der Waals surface area contributed by atoms with E-state index in [4.69, 9.17) is 20.8 Å². The Morgan fingerprint density at radius 3 is 2.65 bits per heavy atom. The number of amides is 2. The fraction of sp³-hybridized carbons (Fsp3) is 0.227. The van der Waals surface area contributed by atoms with Gasteiger partial charge in [-0.05, 0) is 36.4 Å². The van der Waals surface area contributed by atoms with Gasteiger partial charge < -0.3 is 24.3 Å². The van der Waals surface area contributed by atoms with Gasteiger partial charge in [-0.3, -0.25) is 9.59 Å². The van der Waals surface area contributed by atoms with Crippen LogP contribution in [0.1, 0.15) is 10.6 Å². The monoisotopic (exact) mass is 440 g/mol. The van der Waals surface area contributed by atoms with Crippen LogP contribution < -0.4 is 15.0 Å². The third-order valence-corrected chi connectivity index (χ3v) is 5.09. The molecule has 1 aromatic carbocycles. The molecule has 0 radical (unpaired) electrons. The lowest BCUT2D eigenvalue weighted by atomic mass is 10.3. The number of piperazine rings is 1. The van der Waals surface area contributed by atoms with E-state index in [1.54, 1.807) is 53.6 Å². The third kappa shape index (κ3) is 5.35. The predicted molar refractivity (Wildman–Crippen MR) is 117 cm³/mol. The molecule has 0 saturated carbocycles. The van der Waals surface area contributed by atoms with E-state index in [2.05, 4.69) is 15.2 Å². The SMILES string of the molecule is O=C(Nc1cccc(OCC(=O)N2CCN(c3ccc(Cl)cn3)CC2)c1)c1ccco1. The lowest BCUT2D eigenvalue weighted by Crippen LogP contribution is -2.50. The minimum absolute atomic E-state index is 0.0746. The summed E-state index contributed by atoms with van der Waals surface area (Å²) in [6, 6.07) is 13.8. The molecular formula is C22H21ClN4O4. The Balaban J connectivity index is 1.26. The smallest absolute Gasteiger partial charge is 0.291 e. The molecular weight excluding hydrogens is 420 g/mol. The molecule has 0 aliphatic carbocycles. The summed E-state index contributed by atoms with van der Waals surface area (Å²) in [7, 11) is 0. The van der Waals surface area contributed by atoms with E-state index in [0.29, 0.717) is 42.6 Å². The van der Waals surface area contributed by atoms with Gasteiger partial charge in [0.2, 0.25) is 0 Å². The quantitative estimate of drug-likeness (QED) is 0.632. The van der Waals surface area contributed by atoms with Crippen LogP contribution in [0.4, 0.5) is 11.5 Å². The maximum absolute atomic E-state index is 12.5. The van der Waals surface area contributed by atoms with Gasteiger partial charge in [-0.25, -0.2) is 4.98 Å². The van der Waals surface area contributed by atoms with E-state index in [1.807, 2.05) is 6.07 Å². The average molecular weight is 441 g/mol. The van der Waals surface area contributed by atoms with Crippen molar-refractivity contribution in [3.05, 3.63) is 71.8 Å². The Labute approximate surface area is 184 Å². The van der Waals surface area contributed by atoms with Crippen molar-refractivity contribution < 1.29 is 18.7 Å². The number of nitrogens with zero attached hydrogens (tertiary/aromatic N) is 3. The Bertz CT molecular complexity index is 1030. The summed E-state index contributed by atoms with van der Waals surface area (Å²) in [4.78, 5) is 32.8. The van der Waals surface area contributed by atoms with Crippen molar-refractivity contribution in [1.29, 1.82) is 0 Å². The highest BCUT2D eigenvalue weighted by Crippen LogP contribution is 2.19. The normalized spacial score (nSPS) is 13.7. The number of furan rings is 1. The van der Waals surface area contributed by atoms with Crippen LogP contribution in [0.15, 0.2) is 65.4 Å². The summed E-state index contributed by atoms with van der Waals surface area (Å²) < 4.78 is 10.7. The van der Waals surface area contributed by atoms with E-state index in [9.17, 15) is 9.59 Å². The first kappa shape index (κ1) is 20.7. The first-order valence-electron chi connectivity index (χ1n) is 9.80. The van der Waals surface area contributed by atoms with Gasteiger partial charge in [-0.1, -0.05) is 17.7 Å². The van der Waals surface area contributed by atoms with Crippen LogP contribution in [0.2, 0.25) is 5.02 Å². The average Bonchev–Trinajstić information content (AvgIpc) is 3.34. The molecule has 0 bridgehead atoms. The zero-order chi connectivity index (χ0) is 21.6. The number of hydrogen-bond acceptors (Lipinski definition) is 6. The molecule has 8 nitrogen and oxygen atoms in total. The molecule has 3 aromatic rings. The molecule has 3 heterocycles. The molecule has 4 rings (SSSR count). The van der Waals surface area contributed by atoms with Gasteiger partial charge in [-0.2, -0.15) is 0 Å². The van der Waals surface area contributed by atoms with E-state index in [0.717, 1.165) is 5.82 Å². The van der Waals surface area contributed by atoms with Crippen LogP contribution in [-0.2, 0) is 4.79 Å². The summed E-state index contributed by atoms with van der Waals surface area (Å²) in [5, 5.41) is 3.33. The van der Waals surface area contributed by atoms with Crippen LogP contribution >= 0.6 is 11.6 Å². The van der Waals surface area contributed by atoms with Gasteiger partial charge in [0.25, 0.3) is 11.8 Å². The second-order valence-corrected chi connectivity index (χ2v) is 7.39. The Morgan fingerprint density at radius 1 is 1.10 bits per heavy atom. The van der Waals surface area contributed by atoms with Gasteiger partial charge in [0.1, 0.15) is 11.6 Å². The molecule has 1 N–H and O–H groups in total. The van der Waals surface area contributed by atoms with E-state index in [-0.39, 0.29) is 24.2 Å². The van der Waals surface area contributed by atoms with Crippen LogP contribution in [-0.4, -0.2) is 54.5 Å². The van der Waals surface area contributed by atoms with E-state index in [1.165, 1.54) is 6.26 Å². The zero-order valence-corrected chi connectivity index (χ0v) is 17.4. The van der Waals surface area contributed by atoms with Crippen LogP contribution in [0.3, 0.4) is 0 Å². The lowest BCUT2D eigenvalue weighted by Gasteiger charge is -2.35. The van der Waals surface area contributed by atoms with Crippen molar-refractivity contribution in [3.8, 4) is 5.75 Å². The molecule has 0 spiro atoms. The molecule has 9 heteroatoms. The first-order chi connectivity index (χ1) is 15.1. The van der Waals surface area contributed by atoms with E-state index >= 15 is 0 Å². The maximum atomic E-state index is 12.5. The number of carbonyl (C=O) groups is 2. The molecule has 0 unspecified atom stereocenters. The van der Waals surface area contributed by atoms with Crippen molar-refractivity contribution in [2.24, 2.45) is 0 Å². The highest BCUT2D eigenvalue weighted by Gasteiger charge is 2.22. The summed E-state index contributed by atoms with van der Waals surface area (Å²) >= 11 is 5.89. The number of hydrogen-bond donors (Lipinski definition) is 1. The summed E-state index contributed by atoms with van der Waals surface area (Å²) in [5.74, 6) is 1.12. The zero-order valence-electron chi connectivity index (χ0n) is 16.7. The number of pyridine rings is 1. The first-order valence-corrected chi connectivity index (χ1v) is 10.2. The molecule has 31 heavy (non-hydrogen) atoms. The maximum Gasteiger partial charge on any atom is 0.291 e. The van der Waals surface area contributed by atoms with Gasteiger partial charge in [0, 0.05) is 44.1 Å². The molecule has 1 fully saturated rings. The van der Waals surface area contributed by atoms with Crippen molar-refractivity contribution in [3.63, 3.8) is 0 Å². The molecule has 2 amide bonds. The van der Waals surface area contributed by atoms with Gasteiger partial charge in [-0.15, -0.1) is 0 Å². The molecule has 160 valence electrons. The molecule has 1 aliphatic heterocycles. The number of anilines is 2.